The van der Waals surface area contributed by atoms with Crippen molar-refractivity contribution in [3.8, 4) is 5.75 Å². The van der Waals surface area contributed by atoms with Gasteiger partial charge in [-0.15, -0.1) is 0 Å². The molecule has 2 fully saturated rings. The molecule has 4 aromatic rings. The first kappa shape index (κ1) is 49.1. The van der Waals surface area contributed by atoms with Crippen LogP contribution in [0.25, 0.3) is 0 Å². The number of anilines is 5. The van der Waals surface area contributed by atoms with Crippen molar-refractivity contribution in [1.82, 2.24) is 25.1 Å². The van der Waals surface area contributed by atoms with Crippen LogP contribution in [0.15, 0.2) is 65.7 Å². The zero-order valence-corrected chi connectivity index (χ0v) is 40.1. The first-order chi connectivity index (χ1) is 32.1. The number of amides is 4. The van der Waals surface area contributed by atoms with E-state index in [0.717, 1.165) is 35.2 Å². The average molecular weight is 960 g/mol. The largest absolute Gasteiger partial charge is 0.489 e. The van der Waals surface area contributed by atoms with E-state index in [2.05, 4.69) is 44.2 Å². The molecule has 4 N–H and O–H groups in total. The Morgan fingerprint density at radius 2 is 1.64 bits per heavy atom. The summed E-state index contributed by atoms with van der Waals surface area (Å²) in [6.45, 7) is 12.7. The molecule has 0 saturated carbocycles. The van der Waals surface area contributed by atoms with Crippen LogP contribution in [0.2, 0.25) is 5.02 Å². The van der Waals surface area contributed by atoms with Gasteiger partial charge in [-0.1, -0.05) is 29.8 Å². The summed E-state index contributed by atoms with van der Waals surface area (Å²) < 4.78 is 44.0. The normalized spacial score (nSPS) is 16.7. The number of para-hydroxylation sites is 1. The van der Waals surface area contributed by atoms with Crippen molar-refractivity contribution in [2.75, 3.05) is 62.0 Å². The average Bonchev–Trinajstić information content (AvgIpc) is 3.63. The molecule has 358 valence electrons. The standard InChI is InChI=1S/C48H59ClN8O9S/c1-29(2)66-41-26-34(31(5)25-39(41)53-48-51-27-36(49)45(55-48)52-38-10-6-7-12-42(38)67(62,63)30(3)4)32-15-19-56(20-16-32)44(59)17-21-64-23-24-65-22-18-50-37-11-8-9-33-35(37)28-57(47(33)61)40-13-14-43(58)54-46(40)60/h6-12,25-27,29-30,32,40,50H,13-24,28H2,1-5H3,(H,54,58,60)(H2,51,52,53,55). The summed E-state index contributed by atoms with van der Waals surface area (Å²) in [5, 5.41) is 11.7. The van der Waals surface area contributed by atoms with Crippen molar-refractivity contribution in [3.05, 3.63) is 88.1 Å². The maximum absolute atomic E-state index is 13.2. The smallest absolute Gasteiger partial charge is 0.255 e. The third-order valence-electron chi connectivity index (χ3n) is 12.1. The van der Waals surface area contributed by atoms with Crippen molar-refractivity contribution in [2.45, 2.75) is 101 Å². The highest BCUT2D eigenvalue weighted by molar-refractivity contribution is 7.92. The van der Waals surface area contributed by atoms with Crippen LogP contribution in [0, 0.1) is 6.92 Å². The number of carbonyl (C=O) groups excluding carboxylic acids is 4. The van der Waals surface area contributed by atoms with Gasteiger partial charge in [0.2, 0.25) is 23.7 Å². The van der Waals surface area contributed by atoms with Gasteiger partial charge in [0.25, 0.3) is 5.91 Å². The molecule has 0 aliphatic carbocycles. The Labute approximate surface area is 396 Å². The van der Waals surface area contributed by atoms with Crippen molar-refractivity contribution in [3.63, 3.8) is 0 Å². The fraction of sp³-hybridized carbons (Fsp3) is 0.458. The minimum atomic E-state index is -3.59. The molecule has 0 bridgehead atoms. The number of ether oxygens (including phenoxy) is 3. The lowest BCUT2D eigenvalue weighted by Gasteiger charge is -2.33. The zero-order valence-electron chi connectivity index (χ0n) is 38.5. The maximum atomic E-state index is 13.2. The Morgan fingerprint density at radius 1 is 0.910 bits per heavy atom. The molecular formula is C48H59ClN8O9S. The minimum absolute atomic E-state index is 0.0515. The predicted molar refractivity (Wildman–Crippen MR) is 255 cm³/mol. The number of piperidine rings is 2. The summed E-state index contributed by atoms with van der Waals surface area (Å²) in [6, 6.07) is 15.5. The summed E-state index contributed by atoms with van der Waals surface area (Å²) >= 11 is 6.50. The van der Waals surface area contributed by atoms with Crippen LogP contribution in [0.4, 0.5) is 28.8 Å². The molecule has 3 aliphatic heterocycles. The third kappa shape index (κ3) is 11.8. The Morgan fingerprint density at radius 3 is 2.37 bits per heavy atom. The van der Waals surface area contributed by atoms with Gasteiger partial charge in [-0.25, -0.2) is 13.4 Å². The maximum Gasteiger partial charge on any atom is 0.255 e. The Kier molecular flexibility index (Phi) is 16.0. The molecule has 3 aliphatic rings. The molecule has 0 radical (unpaired) electrons. The number of sulfone groups is 1. The highest BCUT2D eigenvalue weighted by Gasteiger charge is 2.40. The van der Waals surface area contributed by atoms with Crippen molar-refractivity contribution >= 4 is 73.9 Å². The van der Waals surface area contributed by atoms with Gasteiger partial charge in [-0.3, -0.25) is 24.5 Å². The van der Waals surface area contributed by atoms with E-state index in [-0.39, 0.29) is 70.8 Å². The van der Waals surface area contributed by atoms with Crippen molar-refractivity contribution < 1.29 is 41.8 Å². The highest BCUT2D eigenvalue weighted by Crippen LogP contribution is 2.39. The molecule has 1 atom stereocenters. The summed E-state index contributed by atoms with van der Waals surface area (Å²) in [5.74, 6) is 0.406. The lowest BCUT2D eigenvalue weighted by Crippen LogP contribution is -2.52. The van der Waals surface area contributed by atoms with E-state index < -0.39 is 27.0 Å². The summed E-state index contributed by atoms with van der Waals surface area (Å²) in [6.07, 6.45) is 3.72. The Balaban J connectivity index is 0.844. The van der Waals surface area contributed by atoms with E-state index in [1.54, 1.807) is 50.2 Å². The number of hydrogen-bond donors (Lipinski definition) is 4. The van der Waals surface area contributed by atoms with Crippen LogP contribution in [-0.2, 0) is 40.2 Å². The lowest BCUT2D eigenvalue weighted by molar-refractivity contribution is -0.137. The molecular weight excluding hydrogens is 900 g/mol. The van der Waals surface area contributed by atoms with E-state index in [4.69, 9.17) is 25.8 Å². The summed E-state index contributed by atoms with van der Waals surface area (Å²) in [7, 11) is -3.59. The van der Waals surface area contributed by atoms with Gasteiger partial charge >= 0.3 is 0 Å². The van der Waals surface area contributed by atoms with Crippen molar-refractivity contribution in [1.29, 1.82) is 0 Å². The second-order valence-corrected chi connectivity index (χ2v) is 20.3. The molecule has 1 unspecified atom stereocenters. The van der Waals surface area contributed by atoms with Crippen LogP contribution in [-0.4, -0.2) is 115 Å². The highest BCUT2D eigenvalue weighted by atomic mass is 35.5. The van der Waals surface area contributed by atoms with Gasteiger partial charge in [0, 0.05) is 49.4 Å². The number of likely N-dealkylation sites (tertiary alicyclic amines) is 1. The second kappa shape index (κ2) is 21.9. The minimum Gasteiger partial charge on any atom is -0.489 e. The summed E-state index contributed by atoms with van der Waals surface area (Å²) in [4.78, 5) is 62.9. The van der Waals surface area contributed by atoms with E-state index in [0.29, 0.717) is 75.2 Å². The number of halogens is 1. The quantitative estimate of drug-likeness (QED) is 0.0525. The third-order valence-corrected chi connectivity index (χ3v) is 14.5. The monoisotopic (exact) mass is 958 g/mol. The van der Waals surface area contributed by atoms with Gasteiger partial charge < -0.3 is 40.0 Å². The van der Waals surface area contributed by atoms with Crippen molar-refractivity contribution in [2.24, 2.45) is 0 Å². The Bertz CT molecular complexity index is 2590. The first-order valence-electron chi connectivity index (χ1n) is 22.7. The van der Waals surface area contributed by atoms with Gasteiger partial charge in [0.05, 0.1) is 66.7 Å². The number of carbonyl (C=O) groups is 4. The van der Waals surface area contributed by atoms with Crippen LogP contribution >= 0.6 is 11.6 Å². The van der Waals surface area contributed by atoms with Gasteiger partial charge in [-0.05, 0) is 107 Å². The number of benzene rings is 3. The Hall–Kier alpha value is -5.82. The molecule has 19 heteroatoms. The lowest BCUT2D eigenvalue weighted by atomic mass is 9.86. The molecule has 67 heavy (non-hydrogen) atoms. The molecule has 0 spiro atoms. The number of rotatable bonds is 20. The molecule has 17 nitrogen and oxygen atoms in total. The predicted octanol–water partition coefficient (Wildman–Crippen LogP) is 6.90. The number of aryl methyl sites for hydroxylation is 1. The molecule has 4 amide bonds. The van der Waals surface area contributed by atoms with Crippen LogP contribution in [0.5, 0.6) is 5.75 Å². The number of hydrogen-bond acceptors (Lipinski definition) is 14. The second-order valence-electron chi connectivity index (χ2n) is 17.4. The van der Waals surface area contributed by atoms with Crippen LogP contribution in [0.3, 0.4) is 0 Å². The molecule has 1 aromatic heterocycles. The van der Waals surface area contributed by atoms with Gasteiger partial charge in [0.1, 0.15) is 16.8 Å². The summed E-state index contributed by atoms with van der Waals surface area (Å²) in [5.41, 5.74) is 5.38. The molecule has 4 heterocycles. The number of aromatic nitrogens is 2. The van der Waals surface area contributed by atoms with Gasteiger partial charge in [-0.2, -0.15) is 4.98 Å². The van der Waals surface area contributed by atoms with E-state index in [1.807, 2.05) is 30.9 Å². The molecule has 2 saturated heterocycles. The number of imide groups is 1. The van der Waals surface area contributed by atoms with E-state index >= 15 is 0 Å². The van der Waals surface area contributed by atoms with Crippen LogP contribution in [0.1, 0.15) is 92.8 Å². The van der Waals surface area contributed by atoms with E-state index in [1.165, 1.54) is 11.1 Å². The number of nitrogens with zero attached hydrogens (tertiary/aromatic N) is 4. The van der Waals surface area contributed by atoms with Gasteiger partial charge in [0.15, 0.2) is 15.7 Å². The SMILES string of the molecule is Cc1cc(Nc2ncc(Cl)c(Nc3ccccc3S(=O)(=O)C(C)C)n2)c(OC(C)C)cc1C1CCN(C(=O)CCOCCOCCNc2cccc3c2CN(C2CCC(=O)NC2=O)C3=O)CC1. The fourth-order valence-electron chi connectivity index (χ4n) is 8.52. The van der Waals surface area contributed by atoms with Crippen LogP contribution < -0.4 is 26.0 Å². The topological polar surface area (TPSA) is 210 Å². The zero-order chi connectivity index (χ0) is 47.8. The fourth-order valence-corrected chi connectivity index (χ4v) is 9.86. The first-order valence-corrected chi connectivity index (χ1v) is 24.7. The number of fused-ring (bicyclic) bond motifs is 1. The molecule has 3 aromatic carbocycles. The molecule has 7 rings (SSSR count). The number of nitrogens with one attached hydrogen (secondary N) is 4. The van der Waals surface area contributed by atoms with E-state index in [9.17, 15) is 27.6 Å².